The topological polar surface area (TPSA) is 89.3 Å². The van der Waals surface area contributed by atoms with Gasteiger partial charge in [0, 0.05) is 6.04 Å². The Labute approximate surface area is 95.8 Å². The molecule has 2 aliphatic carbocycles. The molecule has 2 aliphatic rings. The number of hydrogen-bond acceptors (Lipinski definition) is 4. The molecular weight excluding hydrogens is 228 g/mol. The van der Waals surface area contributed by atoms with Gasteiger partial charge in [-0.3, -0.25) is 9.52 Å². The van der Waals surface area contributed by atoms with Gasteiger partial charge in [0.05, 0.1) is 11.2 Å². The first-order valence-corrected chi connectivity index (χ1v) is 7.36. The highest BCUT2D eigenvalue weighted by Crippen LogP contribution is 2.28. The minimum Gasteiger partial charge on any atom is -0.327 e. The fraction of sp³-hybridized carbons (Fsp3) is 0.900. The first kappa shape index (κ1) is 11.9. The lowest BCUT2D eigenvalue weighted by Crippen LogP contribution is -2.46. The van der Waals surface area contributed by atoms with Crippen LogP contribution >= 0.6 is 0 Å². The third kappa shape index (κ3) is 2.55. The van der Waals surface area contributed by atoms with Crippen molar-refractivity contribution in [3.63, 3.8) is 0 Å². The SMILES string of the molecule is NC1CCCCC1C(=O)NS(=O)(=O)C1CC1. The number of hydrogen-bond donors (Lipinski definition) is 2. The average Bonchev–Trinajstić information content (AvgIpc) is 3.00. The first-order valence-electron chi connectivity index (χ1n) is 5.82. The molecule has 0 saturated heterocycles. The van der Waals surface area contributed by atoms with E-state index in [2.05, 4.69) is 4.72 Å². The zero-order valence-electron chi connectivity index (χ0n) is 9.19. The minimum absolute atomic E-state index is 0.192. The molecule has 2 unspecified atom stereocenters. The number of nitrogens with two attached hydrogens (primary N) is 1. The molecule has 0 radical (unpaired) electrons. The summed E-state index contributed by atoms with van der Waals surface area (Å²) < 4.78 is 25.3. The van der Waals surface area contributed by atoms with Crippen LogP contribution in [0.1, 0.15) is 38.5 Å². The Balaban J connectivity index is 1.96. The third-order valence-electron chi connectivity index (χ3n) is 3.36. The van der Waals surface area contributed by atoms with Crippen molar-refractivity contribution in [3.8, 4) is 0 Å². The number of amides is 1. The first-order chi connectivity index (χ1) is 7.50. The maximum atomic E-state index is 11.8. The van der Waals surface area contributed by atoms with Crippen LogP contribution in [0.2, 0.25) is 0 Å². The Morgan fingerprint density at radius 1 is 1.12 bits per heavy atom. The largest absolute Gasteiger partial charge is 0.327 e. The van der Waals surface area contributed by atoms with Crippen LogP contribution in [0.3, 0.4) is 0 Å². The molecule has 0 bridgehead atoms. The molecule has 0 aliphatic heterocycles. The molecule has 1 amide bonds. The Morgan fingerprint density at radius 3 is 2.31 bits per heavy atom. The number of sulfonamides is 1. The summed E-state index contributed by atoms with van der Waals surface area (Å²) >= 11 is 0. The highest BCUT2D eigenvalue weighted by atomic mass is 32.2. The maximum absolute atomic E-state index is 11.8. The minimum atomic E-state index is -3.41. The summed E-state index contributed by atoms with van der Waals surface area (Å²) in [6.07, 6.45) is 4.82. The molecule has 3 N–H and O–H groups in total. The molecule has 0 aromatic heterocycles. The Hall–Kier alpha value is -0.620. The van der Waals surface area contributed by atoms with Crippen LogP contribution in [0.15, 0.2) is 0 Å². The van der Waals surface area contributed by atoms with Gasteiger partial charge in [-0.15, -0.1) is 0 Å². The summed E-state index contributed by atoms with van der Waals surface area (Å²) in [4.78, 5) is 11.8. The fourth-order valence-electron chi connectivity index (χ4n) is 2.16. The van der Waals surface area contributed by atoms with E-state index in [0.29, 0.717) is 19.3 Å². The molecule has 0 spiro atoms. The average molecular weight is 246 g/mol. The maximum Gasteiger partial charge on any atom is 0.238 e. The van der Waals surface area contributed by atoms with E-state index in [4.69, 9.17) is 5.73 Å². The van der Waals surface area contributed by atoms with Crippen LogP contribution in [0.4, 0.5) is 0 Å². The molecule has 2 saturated carbocycles. The van der Waals surface area contributed by atoms with Crippen LogP contribution < -0.4 is 10.5 Å². The molecule has 5 nitrogen and oxygen atoms in total. The molecule has 0 aromatic carbocycles. The van der Waals surface area contributed by atoms with Crippen molar-refractivity contribution >= 4 is 15.9 Å². The van der Waals surface area contributed by atoms with Crippen LogP contribution in [0, 0.1) is 5.92 Å². The van der Waals surface area contributed by atoms with Gasteiger partial charge in [-0.2, -0.15) is 0 Å². The molecule has 0 heterocycles. The van der Waals surface area contributed by atoms with Crippen molar-refractivity contribution in [1.82, 2.24) is 4.72 Å². The summed E-state index contributed by atoms with van der Waals surface area (Å²) in [5, 5.41) is -0.351. The van der Waals surface area contributed by atoms with Crippen molar-refractivity contribution in [2.45, 2.75) is 49.8 Å². The molecule has 6 heteroatoms. The summed E-state index contributed by atoms with van der Waals surface area (Å²) in [7, 11) is -3.41. The van der Waals surface area contributed by atoms with Gasteiger partial charge < -0.3 is 5.73 Å². The van der Waals surface area contributed by atoms with Gasteiger partial charge in [-0.05, 0) is 25.7 Å². The fourth-order valence-corrected chi connectivity index (χ4v) is 3.52. The number of carbonyl (C=O) groups is 1. The molecule has 2 rings (SSSR count). The van der Waals surface area contributed by atoms with Gasteiger partial charge >= 0.3 is 0 Å². The quantitative estimate of drug-likeness (QED) is 0.739. The highest BCUT2D eigenvalue weighted by molar-refractivity contribution is 7.90. The van der Waals surface area contributed by atoms with Crippen molar-refractivity contribution in [1.29, 1.82) is 0 Å². The lowest BCUT2D eigenvalue weighted by Gasteiger charge is -2.27. The van der Waals surface area contributed by atoms with Crippen molar-refractivity contribution in [2.24, 2.45) is 11.7 Å². The third-order valence-corrected chi connectivity index (χ3v) is 5.20. The molecular formula is C10H18N2O3S. The summed E-state index contributed by atoms with van der Waals surface area (Å²) in [6, 6.07) is -0.192. The second-order valence-corrected chi connectivity index (χ2v) is 6.73. The van der Waals surface area contributed by atoms with Crippen molar-refractivity contribution in [3.05, 3.63) is 0 Å². The van der Waals surface area contributed by atoms with Crippen LogP contribution in [0.5, 0.6) is 0 Å². The zero-order valence-corrected chi connectivity index (χ0v) is 10.0. The van der Waals surface area contributed by atoms with Gasteiger partial charge in [-0.1, -0.05) is 12.8 Å². The van der Waals surface area contributed by atoms with E-state index in [0.717, 1.165) is 19.3 Å². The lowest BCUT2D eigenvalue weighted by molar-refractivity contribution is -0.124. The van der Waals surface area contributed by atoms with Gasteiger partial charge in [0.25, 0.3) is 0 Å². The summed E-state index contributed by atoms with van der Waals surface area (Å²) in [5.41, 5.74) is 5.83. The van der Waals surface area contributed by atoms with E-state index in [1.165, 1.54) is 0 Å². The summed E-state index contributed by atoms with van der Waals surface area (Å²) in [6.45, 7) is 0. The standard InChI is InChI=1S/C10H18N2O3S/c11-9-4-2-1-3-8(9)10(13)12-16(14,15)7-5-6-7/h7-9H,1-6,11H2,(H,12,13). The second kappa shape index (κ2) is 4.33. The molecule has 2 atom stereocenters. The molecule has 0 aromatic rings. The van der Waals surface area contributed by atoms with E-state index in [9.17, 15) is 13.2 Å². The monoisotopic (exact) mass is 246 g/mol. The number of carbonyl (C=O) groups excluding carboxylic acids is 1. The van der Waals surface area contributed by atoms with Gasteiger partial charge in [-0.25, -0.2) is 8.42 Å². The predicted molar refractivity (Wildman–Crippen MR) is 60.0 cm³/mol. The van der Waals surface area contributed by atoms with Gasteiger partial charge in [0.2, 0.25) is 15.9 Å². The van der Waals surface area contributed by atoms with Crippen molar-refractivity contribution < 1.29 is 13.2 Å². The van der Waals surface area contributed by atoms with Gasteiger partial charge in [0.15, 0.2) is 0 Å². The van der Waals surface area contributed by atoms with E-state index in [-0.39, 0.29) is 17.2 Å². The van der Waals surface area contributed by atoms with E-state index in [1.807, 2.05) is 0 Å². The van der Waals surface area contributed by atoms with Crippen LogP contribution in [-0.2, 0) is 14.8 Å². The van der Waals surface area contributed by atoms with E-state index < -0.39 is 15.9 Å². The zero-order chi connectivity index (χ0) is 11.8. The van der Waals surface area contributed by atoms with E-state index >= 15 is 0 Å². The Morgan fingerprint density at radius 2 is 1.75 bits per heavy atom. The summed E-state index contributed by atoms with van der Waals surface area (Å²) in [5.74, 6) is -0.735. The highest BCUT2D eigenvalue weighted by Gasteiger charge is 2.39. The van der Waals surface area contributed by atoms with E-state index in [1.54, 1.807) is 0 Å². The van der Waals surface area contributed by atoms with Crippen LogP contribution in [0.25, 0.3) is 0 Å². The van der Waals surface area contributed by atoms with Crippen LogP contribution in [-0.4, -0.2) is 25.6 Å². The van der Waals surface area contributed by atoms with Gasteiger partial charge in [0.1, 0.15) is 0 Å². The predicted octanol–water partition coefficient (Wildman–Crippen LogP) is 0.112. The Kier molecular flexibility index (Phi) is 3.21. The Bertz CT molecular complexity index is 376. The molecule has 16 heavy (non-hydrogen) atoms. The normalized spacial score (nSPS) is 31.1. The lowest BCUT2D eigenvalue weighted by atomic mass is 9.85. The van der Waals surface area contributed by atoms with Crippen molar-refractivity contribution in [2.75, 3.05) is 0 Å². The molecule has 2 fully saturated rings. The number of nitrogens with one attached hydrogen (secondary N) is 1. The molecule has 92 valence electrons. The second-order valence-electron chi connectivity index (χ2n) is 4.77. The smallest absolute Gasteiger partial charge is 0.238 e. The number of rotatable bonds is 3.